The monoisotopic (exact) mass is 328 g/mol. The molecule has 0 atom stereocenters. The second-order valence-electron chi connectivity index (χ2n) is 4.53. The normalized spacial score (nSPS) is 11.1. The topological polar surface area (TPSA) is 54.5 Å². The Morgan fingerprint density at radius 1 is 1.05 bits per heavy atom. The number of benzene rings is 1. The predicted octanol–water partition coefficient (Wildman–Crippen LogP) is 4.37. The van der Waals surface area contributed by atoms with E-state index >= 15 is 0 Å². The van der Waals surface area contributed by atoms with E-state index in [1.165, 1.54) is 23.9 Å². The quantitative estimate of drug-likeness (QED) is 0.567. The van der Waals surface area contributed by atoms with Crippen molar-refractivity contribution in [3.63, 3.8) is 0 Å². The van der Waals surface area contributed by atoms with Crippen LogP contribution in [0.2, 0.25) is 0 Å². The summed E-state index contributed by atoms with van der Waals surface area (Å²) in [6.07, 6.45) is 3.30. The number of nitrogens with zero attached hydrogens (tertiary/aromatic N) is 3. The van der Waals surface area contributed by atoms with Crippen LogP contribution >= 0.6 is 23.1 Å². The SMILES string of the molecule is Fc1ccc(-c2cnc(Sc3ncnc4sccc34)[nH]2)cc1. The fourth-order valence-corrected chi connectivity index (χ4v) is 3.69. The number of fused-ring (bicyclic) bond motifs is 1. The molecule has 0 aliphatic heterocycles. The fourth-order valence-electron chi connectivity index (χ4n) is 2.07. The first-order chi connectivity index (χ1) is 10.8. The van der Waals surface area contributed by atoms with Gasteiger partial charge in [-0.2, -0.15) is 0 Å². The third-order valence-electron chi connectivity index (χ3n) is 3.13. The Kier molecular flexibility index (Phi) is 3.36. The molecule has 4 rings (SSSR count). The summed E-state index contributed by atoms with van der Waals surface area (Å²) in [5.74, 6) is -0.251. The number of hydrogen-bond donors (Lipinski definition) is 1. The van der Waals surface area contributed by atoms with Crippen molar-refractivity contribution in [2.75, 3.05) is 0 Å². The van der Waals surface area contributed by atoms with E-state index in [1.807, 2.05) is 11.4 Å². The molecule has 4 aromatic rings. The zero-order valence-corrected chi connectivity index (χ0v) is 12.8. The van der Waals surface area contributed by atoms with E-state index in [1.54, 1.807) is 36.0 Å². The summed E-state index contributed by atoms with van der Waals surface area (Å²) in [4.78, 5) is 17.1. The van der Waals surface area contributed by atoms with Crippen molar-refractivity contribution in [1.82, 2.24) is 19.9 Å². The molecule has 22 heavy (non-hydrogen) atoms. The maximum atomic E-state index is 13.0. The second-order valence-corrected chi connectivity index (χ2v) is 6.40. The van der Waals surface area contributed by atoms with Gasteiger partial charge in [0.05, 0.1) is 11.9 Å². The lowest BCUT2D eigenvalue weighted by molar-refractivity contribution is 0.628. The first kappa shape index (κ1) is 13.4. The van der Waals surface area contributed by atoms with Gasteiger partial charge in [-0.25, -0.2) is 19.3 Å². The van der Waals surface area contributed by atoms with Gasteiger partial charge in [0.25, 0.3) is 0 Å². The highest BCUT2D eigenvalue weighted by Gasteiger charge is 2.10. The molecular weight excluding hydrogens is 319 g/mol. The average molecular weight is 328 g/mol. The minimum atomic E-state index is -0.251. The second kappa shape index (κ2) is 5.51. The minimum absolute atomic E-state index is 0.251. The summed E-state index contributed by atoms with van der Waals surface area (Å²) in [7, 11) is 0. The molecule has 0 radical (unpaired) electrons. The molecular formula is C15H9FN4S2. The minimum Gasteiger partial charge on any atom is -0.333 e. The van der Waals surface area contributed by atoms with Crippen LogP contribution in [-0.2, 0) is 0 Å². The van der Waals surface area contributed by atoms with Crippen LogP contribution in [0.25, 0.3) is 21.5 Å². The van der Waals surface area contributed by atoms with Gasteiger partial charge in [-0.05, 0) is 53.0 Å². The number of rotatable bonds is 3. The Morgan fingerprint density at radius 2 is 1.91 bits per heavy atom. The van der Waals surface area contributed by atoms with Crippen molar-refractivity contribution in [2.45, 2.75) is 10.2 Å². The highest BCUT2D eigenvalue weighted by atomic mass is 32.2. The van der Waals surface area contributed by atoms with Crippen LogP contribution in [0, 0.1) is 5.82 Å². The Hall–Kier alpha value is -2.25. The summed E-state index contributed by atoms with van der Waals surface area (Å²) in [5, 5.41) is 4.63. The van der Waals surface area contributed by atoms with E-state index in [4.69, 9.17) is 0 Å². The molecule has 1 N–H and O–H groups in total. The van der Waals surface area contributed by atoms with Gasteiger partial charge in [0.1, 0.15) is 22.0 Å². The number of thiophene rings is 1. The highest BCUT2D eigenvalue weighted by molar-refractivity contribution is 7.99. The van der Waals surface area contributed by atoms with Crippen LogP contribution in [0.4, 0.5) is 4.39 Å². The Balaban J connectivity index is 1.64. The predicted molar refractivity (Wildman–Crippen MR) is 85.5 cm³/mol. The summed E-state index contributed by atoms with van der Waals surface area (Å²) >= 11 is 3.04. The fraction of sp³-hybridized carbons (Fsp3) is 0. The van der Waals surface area contributed by atoms with Gasteiger partial charge in [0.2, 0.25) is 0 Å². The van der Waals surface area contributed by atoms with Crippen molar-refractivity contribution >= 4 is 33.3 Å². The molecule has 3 heterocycles. The molecule has 0 unspecified atom stereocenters. The van der Waals surface area contributed by atoms with Gasteiger partial charge in [-0.3, -0.25) is 0 Å². The summed E-state index contributed by atoms with van der Waals surface area (Å²) in [5.41, 5.74) is 1.74. The average Bonchev–Trinajstić information content (AvgIpc) is 3.17. The molecule has 0 amide bonds. The molecule has 0 saturated carbocycles. The summed E-state index contributed by atoms with van der Waals surface area (Å²) in [6.45, 7) is 0. The van der Waals surface area contributed by atoms with E-state index in [0.717, 1.165) is 31.7 Å². The van der Waals surface area contributed by atoms with Crippen molar-refractivity contribution < 1.29 is 4.39 Å². The molecule has 0 spiro atoms. The van der Waals surface area contributed by atoms with E-state index in [9.17, 15) is 4.39 Å². The maximum absolute atomic E-state index is 13.0. The molecule has 108 valence electrons. The third-order valence-corrected chi connectivity index (χ3v) is 4.87. The molecule has 3 aromatic heterocycles. The lowest BCUT2D eigenvalue weighted by Gasteiger charge is -1.99. The number of aromatic nitrogens is 4. The number of imidazole rings is 1. The number of aromatic amines is 1. The standard InChI is InChI=1S/C15H9FN4S2/c16-10-3-1-9(2-4-10)12-7-17-15(20-12)22-14-11-5-6-21-13(11)18-8-19-14/h1-8H,(H,17,20). The number of H-pyrrole nitrogens is 1. The van der Waals surface area contributed by atoms with Gasteiger partial charge in [0, 0.05) is 5.39 Å². The van der Waals surface area contributed by atoms with Crippen molar-refractivity contribution in [1.29, 1.82) is 0 Å². The molecule has 1 aromatic carbocycles. The molecule has 0 aliphatic carbocycles. The van der Waals surface area contributed by atoms with Gasteiger partial charge in [-0.1, -0.05) is 0 Å². The van der Waals surface area contributed by atoms with E-state index in [-0.39, 0.29) is 5.82 Å². The summed E-state index contributed by atoms with van der Waals surface area (Å²) in [6, 6.07) is 8.31. The Labute approximate surface area is 133 Å². The lowest BCUT2D eigenvalue weighted by Crippen LogP contribution is -1.84. The van der Waals surface area contributed by atoms with E-state index in [2.05, 4.69) is 19.9 Å². The van der Waals surface area contributed by atoms with Gasteiger partial charge in [-0.15, -0.1) is 11.3 Å². The number of nitrogens with one attached hydrogen (secondary N) is 1. The van der Waals surface area contributed by atoms with Crippen molar-refractivity contribution in [3.05, 3.63) is 54.1 Å². The Morgan fingerprint density at radius 3 is 2.77 bits per heavy atom. The van der Waals surface area contributed by atoms with Gasteiger partial charge < -0.3 is 4.98 Å². The maximum Gasteiger partial charge on any atom is 0.172 e. The van der Waals surface area contributed by atoms with Crippen LogP contribution in [0.3, 0.4) is 0 Å². The van der Waals surface area contributed by atoms with E-state index < -0.39 is 0 Å². The number of hydrogen-bond acceptors (Lipinski definition) is 5. The zero-order chi connectivity index (χ0) is 14.9. The van der Waals surface area contributed by atoms with Crippen LogP contribution in [0.15, 0.2) is 58.4 Å². The van der Waals surface area contributed by atoms with Crippen molar-refractivity contribution in [2.24, 2.45) is 0 Å². The van der Waals surface area contributed by atoms with Crippen LogP contribution in [0.1, 0.15) is 0 Å². The molecule has 0 bridgehead atoms. The summed E-state index contributed by atoms with van der Waals surface area (Å²) < 4.78 is 13.0. The zero-order valence-electron chi connectivity index (χ0n) is 11.2. The molecule has 4 nitrogen and oxygen atoms in total. The smallest absolute Gasteiger partial charge is 0.172 e. The van der Waals surface area contributed by atoms with Gasteiger partial charge in [0.15, 0.2) is 5.16 Å². The number of halogens is 1. The van der Waals surface area contributed by atoms with Gasteiger partial charge >= 0.3 is 0 Å². The van der Waals surface area contributed by atoms with Crippen LogP contribution in [0.5, 0.6) is 0 Å². The third kappa shape index (κ3) is 2.49. The lowest BCUT2D eigenvalue weighted by atomic mass is 10.2. The van der Waals surface area contributed by atoms with Crippen molar-refractivity contribution in [3.8, 4) is 11.3 Å². The molecule has 7 heteroatoms. The highest BCUT2D eigenvalue weighted by Crippen LogP contribution is 2.32. The first-order valence-corrected chi connectivity index (χ1v) is 8.16. The van der Waals surface area contributed by atoms with E-state index in [0.29, 0.717) is 0 Å². The largest absolute Gasteiger partial charge is 0.333 e. The molecule has 0 aliphatic rings. The first-order valence-electron chi connectivity index (χ1n) is 6.46. The Bertz CT molecular complexity index is 930. The van der Waals surface area contributed by atoms with Crippen LogP contribution in [-0.4, -0.2) is 19.9 Å². The molecule has 0 fully saturated rings. The van der Waals surface area contributed by atoms with Crippen LogP contribution < -0.4 is 0 Å². The molecule has 0 saturated heterocycles.